The fourth-order valence-electron chi connectivity index (χ4n) is 1.60. The molecule has 1 aromatic carbocycles. The van der Waals surface area contributed by atoms with Gasteiger partial charge in [0.1, 0.15) is 5.75 Å². The fraction of sp³-hybridized carbons (Fsp3) is 0.364. The van der Waals surface area contributed by atoms with Gasteiger partial charge in [-0.2, -0.15) is 0 Å². The minimum atomic E-state index is -0.759. The summed E-state index contributed by atoms with van der Waals surface area (Å²) in [4.78, 5) is 0. The molecule has 14 heavy (non-hydrogen) atoms. The van der Waals surface area contributed by atoms with Gasteiger partial charge in [0.2, 0.25) is 0 Å². The van der Waals surface area contributed by atoms with Crippen molar-refractivity contribution < 1.29 is 4.55 Å². The van der Waals surface area contributed by atoms with Gasteiger partial charge in [-0.25, -0.2) is 0 Å². The number of halogens is 1. The Hall–Kier alpha value is 0.01000. The summed E-state index contributed by atoms with van der Waals surface area (Å²) in [5, 5.41) is 0. The third-order valence-corrected chi connectivity index (χ3v) is 3.55. The van der Waals surface area contributed by atoms with E-state index in [0.717, 1.165) is 4.47 Å². The highest BCUT2D eigenvalue weighted by Gasteiger charge is 2.27. The SMILES string of the molecule is C[S+]([O-])Cc1cc(Br)ccc1C1[CH]C1. The Bertz CT molecular complexity index is 334. The zero-order valence-electron chi connectivity index (χ0n) is 8.00. The molecule has 2 atom stereocenters. The zero-order valence-corrected chi connectivity index (χ0v) is 10.4. The van der Waals surface area contributed by atoms with Gasteiger partial charge in [-0.05, 0) is 36.5 Å². The Kier molecular flexibility index (Phi) is 3.20. The second-order valence-electron chi connectivity index (χ2n) is 3.64. The summed E-state index contributed by atoms with van der Waals surface area (Å²) in [6, 6.07) is 6.28. The van der Waals surface area contributed by atoms with Crippen LogP contribution in [0.25, 0.3) is 0 Å². The highest BCUT2D eigenvalue weighted by atomic mass is 79.9. The van der Waals surface area contributed by atoms with Crippen molar-refractivity contribution in [2.45, 2.75) is 18.1 Å². The molecule has 2 unspecified atom stereocenters. The Morgan fingerprint density at radius 1 is 1.57 bits per heavy atom. The average molecular weight is 272 g/mol. The molecule has 1 aromatic rings. The highest BCUT2D eigenvalue weighted by molar-refractivity contribution is 9.10. The van der Waals surface area contributed by atoms with Crippen LogP contribution in [-0.4, -0.2) is 10.8 Å². The van der Waals surface area contributed by atoms with Crippen LogP contribution in [-0.2, 0) is 16.9 Å². The van der Waals surface area contributed by atoms with Crippen molar-refractivity contribution in [2.75, 3.05) is 6.26 Å². The van der Waals surface area contributed by atoms with E-state index in [2.05, 4.69) is 40.5 Å². The van der Waals surface area contributed by atoms with E-state index >= 15 is 0 Å². The van der Waals surface area contributed by atoms with Gasteiger partial charge in [0, 0.05) is 10.0 Å². The third-order valence-electron chi connectivity index (χ3n) is 2.33. The maximum absolute atomic E-state index is 11.2. The number of rotatable bonds is 3. The van der Waals surface area contributed by atoms with Crippen LogP contribution in [0.3, 0.4) is 0 Å². The van der Waals surface area contributed by atoms with E-state index in [1.807, 2.05) is 0 Å². The second kappa shape index (κ2) is 4.25. The molecule has 0 aromatic heterocycles. The largest absolute Gasteiger partial charge is 0.616 e. The smallest absolute Gasteiger partial charge is 0.130 e. The first-order chi connectivity index (χ1) is 6.66. The lowest BCUT2D eigenvalue weighted by atomic mass is 10.1. The van der Waals surface area contributed by atoms with Crippen molar-refractivity contribution in [3.05, 3.63) is 40.2 Å². The van der Waals surface area contributed by atoms with E-state index in [-0.39, 0.29) is 0 Å². The van der Waals surface area contributed by atoms with Gasteiger partial charge in [0.05, 0.1) is 6.26 Å². The molecule has 1 radical (unpaired) electrons. The lowest BCUT2D eigenvalue weighted by molar-refractivity contribution is 0.600. The quantitative estimate of drug-likeness (QED) is 0.776. The maximum atomic E-state index is 11.2. The molecule has 0 bridgehead atoms. The molecule has 0 aliphatic heterocycles. The van der Waals surface area contributed by atoms with Crippen LogP contribution in [0.15, 0.2) is 22.7 Å². The van der Waals surface area contributed by atoms with Crippen LogP contribution in [0.2, 0.25) is 0 Å². The lowest BCUT2D eigenvalue weighted by Gasteiger charge is -2.10. The second-order valence-corrected chi connectivity index (χ2v) is 5.99. The molecule has 1 saturated carbocycles. The average Bonchev–Trinajstić information content (AvgIpc) is 2.86. The minimum absolute atomic E-state index is 0.613. The number of hydrogen-bond donors (Lipinski definition) is 0. The van der Waals surface area contributed by atoms with Crippen LogP contribution in [0.4, 0.5) is 0 Å². The van der Waals surface area contributed by atoms with E-state index in [4.69, 9.17) is 0 Å². The molecule has 1 aliphatic rings. The Morgan fingerprint density at radius 2 is 2.29 bits per heavy atom. The molecular formula is C11H12BrOS. The molecule has 1 fully saturated rings. The van der Waals surface area contributed by atoms with Crippen molar-refractivity contribution in [3.63, 3.8) is 0 Å². The molecule has 0 saturated heterocycles. The Labute approximate surface area is 96.2 Å². The molecule has 2 rings (SSSR count). The first kappa shape index (κ1) is 10.5. The number of hydrogen-bond acceptors (Lipinski definition) is 1. The number of benzene rings is 1. The molecule has 3 heteroatoms. The molecular weight excluding hydrogens is 260 g/mol. The first-order valence-electron chi connectivity index (χ1n) is 4.58. The predicted octanol–water partition coefficient (Wildman–Crippen LogP) is 3.02. The van der Waals surface area contributed by atoms with E-state index in [1.54, 1.807) is 6.26 Å². The predicted molar refractivity (Wildman–Crippen MR) is 63.6 cm³/mol. The molecule has 0 spiro atoms. The van der Waals surface area contributed by atoms with Gasteiger partial charge in [-0.1, -0.05) is 33.2 Å². The molecule has 75 valence electrons. The summed E-state index contributed by atoms with van der Waals surface area (Å²) in [6.45, 7) is 0. The standard InChI is InChI=1S/C11H12BrOS/c1-14(13)7-9-6-10(12)4-5-11(9)8-2-3-8/h2,4-6,8H,3,7H2,1H3. The summed E-state index contributed by atoms with van der Waals surface area (Å²) in [5.41, 5.74) is 2.57. The van der Waals surface area contributed by atoms with Crippen molar-refractivity contribution in [2.24, 2.45) is 0 Å². The zero-order chi connectivity index (χ0) is 10.1. The minimum Gasteiger partial charge on any atom is -0.616 e. The fourth-order valence-corrected chi connectivity index (χ4v) is 2.70. The molecule has 0 N–H and O–H groups in total. The van der Waals surface area contributed by atoms with E-state index in [1.165, 1.54) is 17.5 Å². The summed E-state index contributed by atoms with van der Waals surface area (Å²) in [5.74, 6) is 1.28. The van der Waals surface area contributed by atoms with Gasteiger partial charge in [0.15, 0.2) is 0 Å². The first-order valence-corrected chi connectivity index (χ1v) is 7.10. The van der Waals surface area contributed by atoms with Gasteiger partial charge in [-0.15, -0.1) is 0 Å². The molecule has 0 amide bonds. The lowest BCUT2D eigenvalue weighted by Crippen LogP contribution is -2.03. The Balaban J connectivity index is 2.28. The summed E-state index contributed by atoms with van der Waals surface area (Å²) in [6.07, 6.45) is 5.21. The van der Waals surface area contributed by atoms with Gasteiger partial charge in [-0.3, -0.25) is 0 Å². The normalized spacial score (nSPS) is 18.2. The Morgan fingerprint density at radius 3 is 2.86 bits per heavy atom. The van der Waals surface area contributed by atoms with Crippen LogP contribution >= 0.6 is 15.9 Å². The van der Waals surface area contributed by atoms with Gasteiger partial charge in [0.25, 0.3) is 0 Å². The third kappa shape index (κ3) is 2.53. The summed E-state index contributed by atoms with van der Waals surface area (Å²) >= 11 is 2.69. The summed E-state index contributed by atoms with van der Waals surface area (Å²) < 4.78 is 12.3. The molecule has 1 aliphatic carbocycles. The van der Waals surface area contributed by atoms with Gasteiger partial charge >= 0.3 is 0 Å². The van der Waals surface area contributed by atoms with Crippen LogP contribution in [0.1, 0.15) is 23.5 Å². The topological polar surface area (TPSA) is 23.1 Å². The highest BCUT2D eigenvalue weighted by Crippen LogP contribution is 2.41. The van der Waals surface area contributed by atoms with Crippen molar-refractivity contribution in [1.29, 1.82) is 0 Å². The van der Waals surface area contributed by atoms with Crippen molar-refractivity contribution >= 4 is 27.1 Å². The van der Waals surface area contributed by atoms with E-state index in [9.17, 15) is 4.55 Å². The van der Waals surface area contributed by atoms with Crippen molar-refractivity contribution in [1.82, 2.24) is 0 Å². The molecule has 1 nitrogen and oxygen atoms in total. The van der Waals surface area contributed by atoms with Crippen LogP contribution < -0.4 is 0 Å². The maximum Gasteiger partial charge on any atom is 0.130 e. The van der Waals surface area contributed by atoms with Crippen molar-refractivity contribution in [3.8, 4) is 0 Å². The monoisotopic (exact) mass is 271 g/mol. The van der Waals surface area contributed by atoms with Crippen LogP contribution in [0, 0.1) is 6.42 Å². The van der Waals surface area contributed by atoms with E-state index in [0.29, 0.717) is 11.7 Å². The summed E-state index contributed by atoms with van der Waals surface area (Å²) in [7, 11) is 0. The van der Waals surface area contributed by atoms with Gasteiger partial charge < -0.3 is 4.55 Å². The van der Waals surface area contributed by atoms with Crippen LogP contribution in [0.5, 0.6) is 0 Å². The van der Waals surface area contributed by atoms with E-state index < -0.39 is 11.2 Å². The molecule has 0 heterocycles.